The highest BCUT2D eigenvalue weighted by molar-refractivity contribution is 5.76. The highest BCUT2D eigenvalue weighted by atomic mass is 16.4. The van der Waals surface area contributed by atoms with Gasteiger partial charge in [0.25, 0.3) is 0 Å². The van der Waals surface area contributed by atoms with Gasteiger partial charge in [-0.1, -0.05) is 12.1 Å². The highest BCUT2D eigenvalue weighted by Crippen LogP contribution is 2.17. The number of phenolic OH excluding ortho intramolecular Hbond substituents is 1. The van der Waals surface area contributed by atoms with Gasteiger partial charge in [-0.2, -0.15) is 0 Å². The van der Waals surface area contributed by atoms with Crippen molar-refractivity contribution in [2.45, 2.75) is 5.92 Å². The molecule has 0 saturated carbocycles. The monoisotopic (exact) mass is 181 g/mol. The number of aliphatic carboxylic acids is 1. The van der Waals surface area contributed by atoms with Crippen LogP contribution in [0.25, 0.3) is 0 Å². The van der Waals surface area contributed by atoms with Gasteiger partial charge in [-0.05, 0) is 17.7 Å². The van der Waals surface area contributed by atoms with Crippen LogP contribution in [-0.2, 0) is 4.79 Å². The third-order valence-electron chi connectivity index (χ3n) is 1.83. The van der Waals surface area contributed by atoms with E-state index in [9.17, 15) is 4.79 Å². The van der Waals surface area contributed by atoms with E-state index in [1.807, 2.05) is 0 Å². The van der Waals surface area contributed by atoms with Crippen LogP contribution in [0.5, 0.6) is 5.75 Å². The Morgan fingerprint density at radius 1 is 1.38 bits per heavy atom. The summed E-state index contributed by atoms with van der Waals surface area (Å²) in [5.74, 6) is -1.53. The SMILES string of the molecule is NC[C@H](C(=O)O)c1ccc(O)cc1. The molecular formula is C9H11NO3. The molecule has 1 aromatic rings. The fourth-order valence-corrected chi connectivity index (χ4v) is 1.09. The number of carboxylic acids is 1. The Labute approximate surface area is 75.6 Å². The van der Waals surface area contributed by atoms with E-state index in [4.69, 9.17) is 15.9 Å². The zero-order valence-corrected chi connectivity index (χ0v) is 6.97. The van der Waals surface area contributed by atoms with Crippen LogP contribution in [0.15, 0.2) is 24.3 Å². The minimum Gasteiger partial charge on any atom is -0.508 e. The molecule has 13 heavy (non-hydrogen) atoms. The van der Waals surface area contributed by atoms with Crippen LogP contribution in [-0.4, -0.2) is 22.7 Å². The molecule has 4 N–H and O–H groups in total. The lowest BCUT2D eigenvalue weighted by Gasteiger charge is -2.09. The molecule has 0 fully saturated rings. The maximum Gasteiger partial charge on any atom is 0.312 e. The van der Waals surface area contributed by atoms with Crippen molar-refractivity contribution in [3.63, 3.8) is 0 Å². The van der Waals surface area contributed by atoms with Crippen molar-refractivity contribution in [2.24, 2.45) is 5.73 Å². The van der Waals surface area contributed by atoms with Crippen molar-refractivity contribution in [1.82, 2.24) is 0 Å². The molecule has 0 amide bonds. The lowest BCUT2D eigenvalue weighted by Crippen LogP contribution is -2.20. The molecule has 0 saturated heterocycles. The zero-order chi connectivity index (χ0) is 9.84. The summed E-state index contributed by atoms with van der Waals surface area (Å²) >= 11 is 0. The van der Waals surface area contributed by atoms with Crippen LogP contribution in [0.1, 0.15) is 11.5 Å². The molecule has 0 aliphatic rings. The number of rotatable bonds is 3. The van der Waals surface area contributed by atoms with Crippen LogP contribution in [0.3, 0.4) is 0 Å². The molecule has 0 aliphatic carbocycles. The number of nitrogens with two attached hydrogens (primary N) is 1. The fraction of sp³-hybridized carbons (Fsp3) is 0.222. The number of hydrogen-bond donors (Lipinski definition) is 3. The Morgan fingerprint density at radius 3 is 2.31 bits per heavy atom. The van der Waals surface area contributed by atoms with Gasteiger partial charge >= 0.3 is 5.97 Å². The van der Waals surface area contributed by atoms with Gasteiger partial charge in [-0.15, -0.1) is 0 Å². The topological polar surface area (TPSA) is 83.6 Å². The van der Waals surface area contributed by atoms with Gasteiger partial charge in [-0.25, -0.2) is 0 Å². The molecule has 0 bridgehead atoms. The third-order valence-corrected chi connectivity index (χ3v) is 1.83. The number of aromatic hydroxyl groups is 1. The Balaban J connectivity index is 2.92. The summed E-state index contributed by atoms with van der Waals surface area (Å²) in [6.07, 6.45) is 0. The van der Waals surface area contributed by atoms with Gasteiger partial charge in [0.05, 0.1) is 5.92 Å². The summed E-state index contributed by atoms with van der Waals surface area (Å²) < 4.78 is 0. The Hall–Kier alpha value is -1.55. The molecule has 0 unspecified atom stereocenters. The van der Waals surface area contributed by atoms with E-state index < -0.39 is 11.9 Å². The molecular weight excluding hydrogens is 170 g/mol. The minimum atomic E-state index is -0.951. The molecule has 0 heterocycles. The van der Waals surface area contributed by atoms with Crippen LogP contribution in [0, 0.1) is 0 Å². The number of hydrogen-bond acceptors (Lipinski definition) is 3. The molecule has 4 heteroatoms. The Bertz CT molecular complexity index is 294. The van der Waals surface area contributed by atoms with Crippen molar-refractivity contribution in [3.8, 4) is 5.75 Å². The van der Waals surface area contributed by atoms with E-state index in [2.05, 4.69) is 0 Å². The average Bonchev–Trinajstić information content (AvgIpc) is 2.09. The van der Waals surface area contributed by atoms with Crippen molar-refractivity contribution in [3.05, 3.63) is 29.8 Å². The standard InChI is InChI=1S/C9H11NO3/c10-5-8(9(12)13)6-1-3-7(11)4-2-6/h1-4,8,11H,5,10H2,(H,12,13)/t8-/m0/s1. The van der Waals surface area contributed by atoms with Crippen LogP contribution >= 0.6 is 0 Å². The maximum atomic E-state index is 10.7. The molecule has 1 rings (SSSR count). The van der Waals surface area contributed by atoms with Crippen LogP contribution < -0.4 is 5.73 Å². The number of carboxylic acid groups (broad SMARTS) is 1. The van der Waals surface area contributed by atoms with E-state index in [0.29, 0.717) is 5.56 Å². The van der Waals surface area contributed by atoms with Crippen LogP contribution in [0.4, 0.5) is 0 Å². The lowest BCUT2D eigenvalue weighted by molar-refractivity contribution is -0.138. The summed E-state index contributed by atoms with van der Waals surface area (Å²) in [7, 11) is 0. The maximum absolute atomic E-state index is 10.7. The second-order valence-corrected chi connectivity index (χ2v) is 2.72. The summed E-state index contributed by atoms with van der Waals surface area (Å²) in [6.45, 7) is 0.0557. The predicted octanol–water partition coefficient (Wildman–Crippen LogP) is 0.519. The quantitative estimate of drug-likeness (QED) is 0.634. The third kappa shape index (κ3) is 2.19. The largest absolute Gasteiger partial charge is 0.508 e. The smallest absolute Gasteiger partial charge is 0.312 e. The first-order valence-electron chi connectivity index (χ1n) is 3.87. The van der Waals surface area contributed by atoms with Gasteiger partial charge in [0, 0.05) is 6.54 Å². The fourth-order valence-electron chi connectivity index (χ4n) is 1.09. The highest BCUT2D eigenvalue weighted by Gasteiger charge is 2.17. The first kappa shape index (κ1) is 9.54. The molecule has 0 radical (unpaired) electrons. The van der Waals surface area contributed by atoms with E-state index in [-0.39, 0.29) is 12.3 Å². The van der Waals surface area contributed by atoms with Gasteiger partial charge in [0.2, 0.25) is 0 Å². The van der Waals surface area contributed by atoms with Gasteiger partial charge in [0.15, 0.2) is 0 Å². The van der Waals surface area contributed by atoms with E-state index >= 15 is 0 Å². The normalized spacial score (nSPS) is 12.4. The van der Waals surface area contributed by atoms with Crippen molar-refractivity contribution in [1.29, 1.82) is 0 Å². The van der Waals surface area contributed by atoms with Gasteiger partial charge < -0.3 is 15.9 Å². The Kier molecular flexibility index (Phi) is 2.87. The van der Waals surface area contributed by atoms with Crippen molar-refractivity contribution < 1.29 is 15.0 Å². The zero-order valence-electron chi connectivity index (χ0n) is 6.97. The molecule has 70 valence electrons. The second kappa shape index (κ2) is 3.91. The minimum absolute atomic E-state index is 0.0557. The van der Waals surface area contributed by atoms with E-state index in [1.54, 1.807) is 12.1 Å². The number of carbonyl (C=O) groups is 1. The van der Waals surface area contributed by atoms with Crippen molar-refractivity contribution >= 4 is 5.97 Å². The predicted molar refractivity (Wildman–Crippen MR) is 47.5 cm³/mol. The molecule has 1 atom stereocenters. The average molecular weight is 181 g/mol. The second-order valence-electron chi connectivity index (χ2n) is 2.72. The van der Waals surface area contributed by atoms with Crippen molar-refractivity contribution in [2.75, 3.05) is 6.54 Å². The number of phenols is 1. The first-order valence-corrected chi connectivity index (χ1v) is 3.87. The van der Waals surface area contributed by atoms with E-state index in [0.717, 1.165) is 0 Å². The molecule has 0 aromatic heterocycles. The summed E-state index contributed by atoms with van der Waals surface area (Å²) in [4.78, 5) is 10.7. The van der Waals surface area contributed by atoms with E-state index in [1.165, 1.54) is 12.1 Å². The lowest BCUT2D eigenvalue weighted by atomic mass is 10.00. The molecule has 1 aromatic carbocycles. The van der Waals surface area contributed by atoms with Gasteiger partial charge in [-0.3, -0.25) is 4.79 Å². The summed E-state index contributed by atoms with van der Waals surface area (Å²) in [5, 5.41) is 17.7. The molecule has 0 aliphatic heterocycles. The summed E-state index contributed by atoms with van der Waals surface area (Å²) in [6, 6.07) is 6.00. The molecule has 4 nitrogen and oxygen atoms in total. The number of benzene rings is 1. The molecule has 0 spiro atoms. The Morgan fingerprint density at radius 2 is 1.92 bits per heavy atom. The first-order chi connectivity index (χ1) is 6.15. The summed E-state index contributed by atoms with van der Waals surface area (Å²) in [5.41, 5.74) is 5.90. The van der Waals surface area contributed by atoms with Crippen LogP contribution in [0.2, 0.25) is 0 Å². The van der Waals surface area contributed by atoms with Gasteiger partial charge in [0.1, 0.15) is 5.75 Å².